The van der Waals surface area contributed by atoms with Crippen LogP contribution >= 0.6 is 0 Å². The van der Waals surface area contributed by atoms with E-state index in [2.05, 4.69) is 48.2 Å². The Morgan fingerprint density at radius 2 is 2.05 bits per heavy atom. The van der Waals surface area contributed by atoms with Gasteiger partial charge >= 0.3 is 0 Å². The maximum atomic E-state index is 5.29. The first-order chi connectivity index (χ1) is 9.71. The Balaban J connectivity index is 2.47. The predicted molar refractivity (Wildman–Crippen MR) is 83.9 cm³/mol. The average Bonchev–Trinajstić information content (AvgIpc) is 2.96. The number of guanidine groups is 1. The second-order valence-electron chi connectivity index (χ2n) is 4.73. The van der Waals surface area contributed by atoms with Crippen molar-refractivity contribution in [3.8, 4) is 0 Å². The average molecular weight is 280 g/mol. The number of hydrogen-bond donors (Lipinski definition) is 2. The van der Waals surface area contributed by atoms with Crippen LogP contribution in [0.2, 0.25) is 0 Å². The second kappa shape index (κ2) is 9.42. The van der Waals surface area contributed by atoms with Crippen molar-refractivity contribution in [2.45, 2.75) is 40.3 Å². The summed E-state index contributed by atoms with van der Waals surface area (Å²) in [5.41, 5.74) is 0. The predicted octanol–water partition coefficient (Wildman–Crippen LogP) is 2.06. The van der Waals surface area contributed by atoms with E-state index in [1.165, 1.54) is 0 Å². The van der Waals surface area contributed by atoms with Crippen molar-refractivity contribution >= 4 is 5.96 Å². The smallest absolute Gasteiger partial charge is 0.191 e. The first-order valence-electron chi connectivity index (χ1n) is 7.49. The van der Waals surface area contributed by atoms with Crippen molar-refractivity contribution in [2.24, 2.45) is 4.99 Å². The summed E-state index contributed by atoms with van der Waals surface area (Å²) in [5, 5.41) is 6.64. The van der Waals surface area contributed by atoms with E-state index in [1.807, 2.05) is 12.1 Å². The van der Waals surface area contributed by atoms with Gasteiger partial charge in [-0.25, -0.2) is 4.99 Å². The highest BCUT2D eigenvalue weighted by molar-refractivity contribution is 5.79. The largest absolute Gasteiger partial charge is 0.467 e. The number of nitrogens with one attached hydrogen (secondary N) is 2. The van der Waals surface area contributed by atoms with E-state index in [0.29, 0.717) is 12.6 Å². The topological polar surface area (TPSA) is 52.8 Å². The van der Waals surface area contributed by atoms with E-state index >= 15 is 0 Å². The summed E-state index contributed by atoms with van der Waals surface area (Å²) < 4.78 is 5.29. The highest BCUT2D eigenvalue weighted by Crippen LogP contribution is 2.01. The molecular weight excluding hydrogens is 252 g/mol. The minimum Gasteiger partial charge on any atom is -0.467 e. The van der Waals surface area contributed by atoms with Crippen LogP contribution in [0.4, 0.5) is 0 Å². The van der Waals surface area contributed by atoms with Gasteiger partial charge in [0.2, 0.25) is 0 Å². The van der Waals surface area contributed by atoms with Gasteiger partial charge in [0.15, 0.2) is 5.96 Å². The molecular formula is C15H28N4O. The Morgan fingerprint density at radius 1 is 1.30 bits per heavy atom. The number of rotatable bonds is 8. The van der Waals surface area contributed by atoms with Crippen molar-refractivity contribution in [1.82, 2.24) is 15.5 Å². The molecule has 0 amide bonds. The van der Waals surface area contributed by atoms with Crippen molar-refractivity contribution < 1.29 is 4.42 Å². The number of aliphatic imine (C=N–C) groups is 1. The van der Waals surface area contributed by atoms with Gasteiger partial charge in [0.25, 0.3) is 0 Å². The van der Waals surface area contributed by atoms with Crippen LogP contribution in [0.5, 0.6) is 0 Å². The Kier molecular flexibility index (Phi) is 7.80. The van der Waals surface area contributed by atoms with Gasteiger partial charge in [-0.2, -0.15) is 0 Å². The van der Waals surface area contributed by atoms with Crippen molar-refractivity contribution in [3.63, 3.8) is 0 Å². The van der Waals surface area contributed by atoms with Gasteiger partial charge in [-0.05, 0) is 39.1 Å². The maximum absolute atomic E-state index is 5.29. The Bertz CT molecular complexity index is 371. The first kappa shape index (κ1) is 16.6. The molecule has 5 nitrogen and oxygen atoms in total. The molecule has 0 aliphatic rings. The SMILES string of the molecule is CCNC(=NCc1ccco1)NCC(C)N(CC)CC. The zero-order valence-electron chi connectivity index (χ0n) is 13.1. The van der Waals surface area contributed by atoms with E-state index in [-0.39, 0.29) is 0 Å². The van der Waals surface area contributed by atoms with Gasteiger partial charge in [0.05, 0.1) is 6.26 Å². The van der Waals surface area contributed by atoms with Gasteiger partial charge in [0, 0.05) is 19.1 Å². The summed E-state index contributed by atoms with van der Waals surface area (Å²) >= 11 is 0. The minimum absolute atomic E-state index is 0.484. The molecule has 1 heterocycles. The van der Waals surface area contributed by atoms with Crippen LogP contribution in [-0.4, -0.2) is 43.1 Å². The quantitative estimate of drug-likeness (QED) is 0.565. The molecule has 1 aromatic rings. The molecule has 0 saturated carbocycles. The fourth-order valence-corrected chi connectivity index (χ4v) is 2.12. The molecule has 0 spiro atoms. The maximum Gasteiger partial charge on any atom is 0.191 e. The number of hydrogen-bond acceptors (Lipinski definition) is 3. The summed E-state index contributed by atoms with van der Waals surface area (Å²) in [6.07, 6.45) is 1.67. The summed E-state index contributed by atoms with van der Waals surface area (Å²) in [7, 11) is 0. The van der Waals surface area contributed by atoms with Gasteiger partial charge in [-0.1, -0.05) is 13.8 Å². The van der Waals surface area contributed by atoms with Gasteiger partial charge in [-0.3, -0.25) is 4.90 Å². The molecule has 114 valence electrons. The second-order valence-corrected chi connectivity index (χ2v) is 4.73. The van der Waals surface area contributed by atoms with E-state index in [4.69, 9.17) is 4.42 Å². The number of likely N-dealkylation sites (N-methyl/N-ethyl adjacent to an activating group) is 1. The van der Waals surface area contributed by atoms with Gasteiger partial charge < -0.3 is 15.1 Å². The lowest BCUT2D eigenvalue weighted by atomic mass is 10.3. The van der Waals surface area contributed by atoms with Crippen LogP contribution < -0.4 is 10.6 Å². The molecule has 1 unspecified atom stereocenters. The van der Waals surface area contributed by atoms with Crippen LogP contribution in [0.15, 0.2) is 27.8 Å². The molecule has 5 heteroatoms. The van der Waals surface area contributed by atoms with E-state index in [9.17, 15) is 0 Å². The number of nitrogens with zero attached hydrogens (tertiary/aromatic N) is 2. The molecule has 2 N–H and O–H groups in total. The van der Waals surface area contributed by atoms with E-state index < -0.39 is 0 Å². The summed E-state index contributed by atoms with van der Waals surface area (Å²) in [6.45, 7) is 13.1. The molecule has 0 aliphatic carbocycles. The first-order valence-corrected chi connectivity index (χ1v) is 7.49. The van der Waals surface area contributed by atoms with Crippen molar-refractivity contribution in [3.05, 3.63) is 24.2 Å². The van der Waals surface area contributed by atoms with Crippen LogP contribution in [0.1, 0.15) is 33.5 Å². The summed E-state index contributed by atoms with van der Waals surface area (Å²) in [4.78, 5) is 6.94. The van der Waals surface area contributed by atoms with E-state index in [1.54, 1.807) is 6.26 Å². The normalized spacial score (nSPS) is 13.6. The highest BCUT2D eigenvalue weighted by atomic mass is 16.3. The van der Waals surface area contributed by atoms with E-state index in [0.717, 1.165) is 37.9 Å². The zero-order valence-corrected chi connectivity index (χ0v) is 13.1. The standard InChI is InChI=1S/C15H28N4O/c1-5-16-15(18-12-14-9-8-10-20-14)17-11-13(4)19(6-2)7-3/h8-10,13H,5-7,11-12H2,1-4H3,(H2,16,17,18). The van der Waals surface area contributed by atoms with Crippen LogP contribution in [0.3, 0.4) is 0 Å². The monoisotopic (exact) mass is 280 g/mol. The summed E-state index contributed by atoms with van der Waals surface area (Å²) in [6, 6.07) is 4.30. The molecule has 0 bridgehead atoms. The summed E-state index contributed by atoms with van der Waals surface area (Å²) in [5.74, 6) is 1.71. The fraction of sp³-hybridized carbons (Fsp3) is 0.667. The van der Waals surface area contributed by atoms with Crippen LogP contribution in [-0.2, 0) is 6.54 Å². The molecule has 20 heavy (non-hydrogen) atoms. The van der Waals surface area contributed by atoms with Crippen molar-refractivity contribution in [1.29, 1.82) is 0 Å². The lowest BCUT2D eigenvalue weighted by molar-refractivity contribution is 0.231. The molecule has 0 aliphatic heterocycles. The molecule has 0 fully saturated rings. The van der Waals surface area contributed by atoms with Gasteiger partial charge in [0.1, 0.15) is 12.3 Å². The lowest BCUT2D eigenvalue weighted by Crippen LogP contribution is -2.45. The third-order valence-electron chi connectivity index (χ3n) is 3.32. The Morgan fingerprint density at radius 3 is 2.60 bits per heavy atom. The molecule has 1 aromatic heterocycles. The molecule has 0 saturated heterocycles. The Labute approximate surface area is 122 Å². The van der Waals surface area contributed by atoms with Crippen LogP contribution in [0.25, 0.3) is 0 Å². The lowest BCUT2D eigenvalue weighted by Gasteiger charge is -2.27. The molecule has 0 aromatic carbocycles. The van der Waals surface area contributed by atoms with Gasteiger partial charge in [-0.15, -0.1) is 0 Å². The molecule has 0 radical (unpaired) electrons. The minimum atomic E-state index is 0.484. The number of furan rings is 1. The zero-order chi connectivity index (χ0) is 14.8. The highest BCUT2D eigenvalue weighted by Gasteiger charge is 2.10. The Hall–Kier alpha value is -1.49. The van der Waals surface area contributed by atoms with Crippen molar-refractivity contribution in [2.75, 3.05) is 26.2 Å². The molecule has 1 atom stereocenters. The third-order valence-corrected chi connectivity index (χ3v) is 3.32. The van der Waals surface area contributed by atoms with Crippen LogP contribution in [0, 0.1) is 0 Å². The third kappa shape index (κ3) is 5.65. The fourth-order valence-electron chi connectivity index (χ4n) is 2.12. The molecule has 1 rings (SSSR count).